The molecule has 0 bridgehead atoms. The molecule has 0 aromatic heterocycles. The van der Waals surface area contributed by atoms with Crippen LogP contribution >= 0.6 is 0 Å². The molecule has 2 unspecified atom stereocenters. The summed E-state index contributed by atoms with van der Waals surface area (Å²) in [5, 5.41) is 10.1. The topological polar surface area (TPSA) is 55.5 Å². The molecule has 3 heteroatoms. The molecule has 0 aliphatic carbocycles. The van der Waals surface area contributed by atoms with Crippen LogP contribution in [-0.2, 0) is 0 Å². The van der Waals surface area contributed by atoms with E-state index in [4.69, 9.17) is 10.5 Å². The average molecular weight is 285 g/mol. The SMILES string of the molecule is CC(CC(C)(O)CN)Oc1ccccc1-c1ccccc1. The fourth-order valence-corrected chi connectivity index (χ4v) is 2.39. The van der Waals surface area contributed by atoms with E-state index in [0.29, 0.717) is 6.42 Å². The third kappa shape index (κ3) is 4.31. The molecule has 2 aromatic carbocycles. The van der Waals surface area contributed by atoms with Gasteiger partial charge in [-0.15, -0.1) is 0 Å². The van der Waals surface area contributed by atoms with Gasteiger partial charge in [-0.1, -0.05) is 48.5 Å². The normalized spacial score (nSPS) is 15.2. The van der Waals surface area contributed by atoms with E-state index in [1.54, 1.807) is 6.92 Å². The molecular weight excluding hydrogens is 262 g/mol. The minimum atomic E-state index is -0.902. The number of para-hydroxylation sites is 1. The molecule has 3 N–H and O–H groups in total. The molecule has 0 aliphatic rings. The van der Waals surface area contributed by atoms with Gasteiger partial charge in [0.25, 0.3) is 0 Å². The molecular formula is C18H23NO2. The zero-order valence-electron chi connectivity index (χ0n) is 12.6. The fraction of sp³-hybridized carbons (Fsp3) is 0.333. The maximum absolute atomic E-state index is 10.1. The molecule has 21 heavy (non-hydrogen) atoms. The van der Waals surface area contributed by atoms with Crippen molar-refractivity contribution in [3.05, 3.63) is 54.6 Å². The van der Waals surface area contributed by atoms with Gasteiger partial charge in [-0.3, -0.25) is 0 Å². The number of aliphatic hydroxyl groups is 1. The van der Waals surface area contributed by atoms with Crippen LogP contribution in [0.1, 0.15) is 20.3 Å². The van der Waals surface area contributed by atoms with E-state index < -0.39 is 5.60 Å². The predicted molar refractivity (Wildman–Crippen MR) is 86.3 cm³/mol. The second kappa shape index (κ2) is 6.74. The van der Waals surface area contributed by atoms with Gasteiger partial charge < -0.3 is 15.6 Å². The highest BCUT2D eigenvalue weighted by Gasteiger charge is 2.23. The largest absolute Gasteiger partial charge is 0.490 e. The Labute approximate surface area is 126 Å². The van der Waals surface area contributed by atoms with Gasteiger partial charge in [0.15, 0.2) is 0 Å². The maximum atomic E-state index is 10.1. The standard InChI is InChI=1S/C18H23NO2/c1-14(12-18(2,20)13-19)21-17-11-7-6-10-16(17)15-8-4-3-5-9-15/h3-11,14,20H,12-13,19H2,1-2H3. The van der Waals surface area contributed by atoms with Gasteiger partial charge in [-0.25, -0.2) is 0 Å². The molecule has 0 saturated carbocycles. The lowest BCUT2D eigenvalue weighted by Crippen LogP contribution is -2.38. The van der Waals surface area contributed by atoms with E-state index in [-0.39, 0.29) is 12.6 Å². The van der Waals surface area contributed by atoms with Crippen molar-refractivity contribution >= 4 is 0 Å². The predicted octanol–water partition coefficient (Wildman–Crippen LogP) is 3.22. The van der Waals surface area contributed by atoms with Gasteiger partial charge in [0, 0.05) is 18.5 Å². The molecule has 2 rings (SSSR count). The van der Waals surface area contributed by atoms with Gasteiger partial charge in [0.1, 0.15) is 5.75 Å². The second-order valence-corrected chi connectivity index (χ2v) is 5.70. The van der Waals surface area contributed by atoms with Crippen molar-refractivity contribution in [3.63, 3.8) is 0 Å². The lowest BCUT2D eigenvalue weighted by atomic mass is 9.99. The van der Waals surface area contributed by atoms with Crippen LogP contribution in [0.5, 0.6) is 5.75 Å². The minimum Gasteiger partial charge on any atom is -0.490 e. The van der Waals surface area contributed by atoms with E-state index in [9.17, 15) is 5.11 Å². The van der Waals surface area contributed by atoms with Gasteiger partial charge in [0.2, 0.25) is 0 Å². The Kier molecular flexibility index (Phi) is 4.99. The number of ether oxygens (including phenoxy) is 1. The first-order valence-electron chi connectivity index (χ1n) is 7.25. The molecule has 0 amide bonds. The molecule has 0 fully saturated rings. The van der Waals surface area contributed by atoms with Gasteiger partial charge >= 0.3 is 0 Å². The van der Waals surface area contributed by atoms with E-state index in [1.165, 1.54) is 0 Å². The van der Waals surface area contributed by atoms with Crippen LogP contribution in [0.4, 0.5) is 0 Å². The van der Waals surface area contributed by atoms with Crippen LogP contribution < -0.4 is 10.5 Å². The zero-order valence-corrected chi connectivity index (χ0v) is 12.6. The molecule has 0 spiro atoms. The summed E-state index contributed by atoms with van der Waals surface area (Å²) in [5.41, 5.74) is 6.83. The monoisotopic (exact) mass is 285 g/mol. The minimum absolute atomic E-state index is 0.117. The Morgan fingerprint density at radius 1 is 1.10 bits per heavy atom. The molecule has 0 radical (unpaired) electrons. The molecule has 0 heterocycles. The number of hydrogen-bond acceptors (Lipinski definition) is 3. The van der Waals surface area contributed by atoms with E-state index in [2.05, 4.69) is 12.1 Å². The summed E-state index contributed by atoms with van der Waals surface area (Å²) in [6.07, 6.45) is 0.375. The number of rotatable bonds is 6. The van der Waals surface area contributed by atoms with Crippen molar-refractivity contribution in [1.29, 1.82) is 0 Å². The second-order valence-electron chi connectivity index (χ2n) is 5.70. The summed E-state index contributed by atoms with van der Waals surface area (Å²) >= 11 is 0. The quantitative estimate of drug-likeness (QED) is 0.857. The van der Waals surface area contributed by atoms with Crippen LogP contribution in [0, 0.1) is 0 Å². The van der Waals surface area contributed by atoms with Crippen molar-refractivity contribution in [2.75, 3.05) is 6.54 Å². The Bertz CT molecular complexity index is 566. The fourth-order valence-electron chi connectivity index (χ4n) is 2.39. The first-order valence-corrected chi connectivity index (χ1v) is 7.25. The molecule has 2 aromatic rings. The zero-order chi connectivity index (χ0) is 15.3. The Morgan fingerprint density at radius 3 is 2.38 bits per heavy atom. The molecule has 0 saturated heterocycles. The van der Waals surface area contributed by atoms with E-state index in [1.807, 2.05) is 49.4 Å². The summed E-state index contributed by atoms with van der Waals surface area (Å²) in [4.78, 5) is 0. The van der Waals surface area contributed by atoms with Crippen LogP contribution in [-0.4, -0.2) is 23.4 Å². The smallest absolute Gasteiger partial charge is 0.127 e. The van der Waals surface area contributed by atoms with Gasteiger partial charge in [0.05, 0.1) is 11.7 Å². The summed E-state index contributed by atoms with van der Waals surface area (Å²) in [7, 11) is 0. The lowest BCUT2D eigenvalue weighted by Gasteiger charge is -2.26. The Balaban J connectivity index is 2.18. The van der Waals surface area contributed by atoms with Crippen molar-refractivity contribution in [1.82, 2.24) is 0 Å². The number of nitrogens with two attached hydrogens (primary N) is 1. The molecule has 112 valence electrons. The van der Waals surface area contributed by atoms with Gasteiger partial charge in [-0.05, 0) is 25.5 Å². The Hall–Kier alpha value is -1.84. The highest BCUT2D eigenvalue weighted by atomic mass is 16.5. The van der Waals surface area contributed by atoms with Crippen molar-refractivity contribution < 1.29 is 9.84 Å². The lowest BCUT2D eigenvalue weighted by molar-refractivity contribution is 0.0238. The molecule has 2 atom stereocenters. The summed E-state index contributed by atoms with van der Waals surface area (Å²) in [6.45, 7) is 3.91. The third-order valence-electron chi connectivity index (χ3n) is 3.47. The summed E-state index contributed by atoms with van der Waals surface area (Å²) in [6, 6.07) is 18.1. The van der Waals surface area contributed by atoms with Crippen LogP contribution in [0.15, 0.2) is 54.6 Å². The van der Waals surface area contributed by atoms with Crippen LogP contribution in [0.3, 0.4) is 0 Å². The summed E-state index contributed by atoms with van der Waals surface area (Å²) in [5.74, 6) is 0.823. The number of hydrogen-bond donors (Lipinski definition) is 2. The van der Waals surface area contributed by atoms with Crippen molar-refractivity contribution in [2.24, 2.45) is 5.73 Å². The van der Waals surface area contributed by atoms with Crippen molar-refractivity contribution in [3.8, 4) is 16.9 Å². The first-order chi connectivity index (χ1) is 10.0. The maximum Gasteiger partial charge on any atom is 0.127 e. The Morgan fingerprint density at radius 2 is 1.71 bits per heavy atom. The highest BCUT2D eigenvalue weighted by Crippen LogP contribution is 2.31. The third-order valence-corrected chi connectivity index (χ3v) is 3.47. The van der Waals surface area contributed by atoms with E-state index >= 15 is 0 Å². The average Bonchev–Trinajstić information content (AvgIpc) is 2.48. The van der Waals surface area contributed by atoms with Crippen LogP contribution in [0.2, 0.25) is 0 Å². The first kappa shape index (κ1) is 15.5. The summed E-state index contributed by atoms with van der Waals surface area (Å²) < 4.78 is 6.02. The molecule has 0 aliphatic heterocycles. The van der Waals surface area contributed by atoms with Crippen LogP contribution in [0.25, 0.3) is 11.1 Å². The molecule has 3 nitrogen and oxygen atoms in total. The number of benzene rings is 2. The van der Waals surface area contributed by atoms with E-state index in [0.717, 1.165) is 16.9 Å². The van der Waals surface area contributed by atoms with Crippen molar-refractivity contribution in [2.45, 2.75) is 32.0 Å². The van der Waals surface area contributed by atoms with Gasteiger partial charge in [-0.2, -0.15) is 0 Å². The highest BCUT2D eigenvalue weighted by molar-refractivity contribution is 5.70.